The van der Waals surface area contributed by atoms with Crippen molar-refractivity contribution in [2.24, 2.45) is 0 Å². The number of hydrogen-bond acceptors (Lipinski definition) is 4. The maximum Gasteiger partial charge on any atom is 0.163 e. The van der Waals surface area contributed by atoms with Gasteiger partial charge in [-0.2, -0.15) is 0 Å². The number of hydrogen-bond donors (Lipinski definition) is 1. The summed E-state index contributed by atoms with van der Waals surface area (Å²) < 4.78 is 15.9. The van der Waals surface area contributed by atoms with Crippen LogP contribution in [0, 0.1) is 0 Å². The smallest absolute Gasteiger partial charge is 0.163 e. The van der Waals surface area contributed by atoms with Gasteiger partial charge in [0.05, 0.1) is 25.3 Å². The van der Waals surface area contributed by atoms with Crippen LogP contribution in [-0.4, -0.2) is 30.8 Å². The van der Waals surface area contributed by atoms with E-state index in [1.807, 2.05) is 12.1 Å². The number of benzene rings is 1. The lowest BCUT2D eigenvalue weighted by Gasteiger charge is -2.06. The molecule has 0 saturated carbocycles. The second kappa shape index (κ2) is 5.73. The maximum absolute atomic E-state index is 5.46. The molecule has 1 N–H and O–H groups in total. The van der Waals surface area contributed by atoms with Gasteiger partial charge in [-0.05, 0) is 6.42 Å². The Bertz CT molecular complexity index is 481. The van der Waals surface area contributed by atoms with Crippen molar-refractivity contribution < 1.29 is 14.2 Å². The van der Waals surface area contributed by atoms with Crippen LogP contribution in [0.1, 0.15) is 19.2 Å². The van der Waals surface area contributed by atoms with E-state index in [1.54, 1.807) is 14.2 Å². The Labute approximate surface area is 106 Å². The van der Waals surface area contributed by atoms with Crippen LogP contribution < -0.4 is 9.47 Å². The number of aromatic nitrogens is 2. The van der Waals surface area contributed by atoms with Gasteiger partial charge in [-0.1, -0.05) is 6.92 Å². The molecule has 5 heteroatoms. The third-order valence-electron chi connectivity index (χ3n) is 2.62. The lowest BCUT2D eigenvalue weighted by molar-refractivity contribution is 0.117. The quantitative estimate of drug-likeness (QED) is 0.800. The molecule has 98 valence electrons. The van der Waals surface area contributed by atoms with Gasteiger partial charge in [0.15, 0.2) is 11.5 Å². The summed E-state index contributed by atoms with van der Waals surface area (Å²) in [5.74, 6) is 2.18. The summed E-state index contributed by atoms with van der Waals surface area (Å²) in [7, 11) is 3.23. The number of methoxy groups -OCH3 is 2. The van der Waals surface area contributed by atoms with Gasteiger partial charge < -0.3 is 19.2 Å². The lowest BCUT2D eigenvalue weighted by atomic mass is 10.3. The van der Waals surface area contributed by atoms with Crippen molar-refractivity contribution in [2.75, 3.05) is 20.8 Å². The molecular formula is C13H18N2O3. The van der Waals surface area contributed by atoms with E-state index in [4.69, 9.17) is 14.2 Å². The second-order valence-electron chi connectivity index (χ2n) is 3.96. The largest absolute Gasteiger partial charge is 0.493 e. The first kappa shape index (κ1) is 12.7. The van der Waals surface area contributed by atoms with E-state index in [1.165, 1.54) is 0 Å². The lowest BCUT2D eigenvalue weighted by Crippen LogP contribution is -1.95. The maximum atomic E-state index is 5.46. The summed E-state index contributed by atoms with van der Waals surface area (Å²) in [4.78, 5) is 7.66. The molecule has 2 aromatic rings. The average Bonchev–Trinajstić information content (AvgIpc) is 2.78. The molecule has 0 aliphatic heterocycles. The molecule has 0 spiro atoms. The Kier molecular flexibility index (Phi) is 4.04. The third-order valence-corrected chi connectivity index (χ3v) is 2.62. The topological polar surface area (TPSA) is 56.4 Å². The number of H-pyrrole nitrogens is 1. The van der Waals surface area contributed by atoms with Gasteiger partial charge in [-0.25, -0.2) is 4.98 Å². The van der Waals surface area contributed by atoms with Gasteiger partial charge in [0.25, 0.3) is 0 Å². The zero-order chi connectivity index (χ0) is 13.0. The number of rotatable bonds is 6. The molecule has 2 rings (SSSR count). The van der Waals surface area contributed by atoms with Crippen LogP contribution in [0.25, 0.3) is 11.0 Å². The average molecular weight is 250 g/mol. The molecule has 0 bridgehead atoms. The standard InChI is InChI=1S/C13H18N2O3/c1-4-5-18-8-13-14-9-6-11(16-2)12(17-3)7-10(9)15-13/h6-7H,4-5,8H2,1-3H3,(H,14,15). The molecule has 0 aliphatic carbocycles. The van der Waals surface area contributed by atoms with E-state index in [9.17, 15) is 0 Å². The molecule has 0 aliphatic rings. The van der Waals surface area contributed by atoms with Crippen LogP contribution in [-0.2, 0) is 11.3 Å². The molecule has 0 radical (unpaired) electrons. The van der Waals surface area contributed by atoms with Gasteiger partial charge >= 0.3 is 0 Å². The van der Waals surface area contributed by atoms with Crippen molar-refractivity contribution in [1.29, 1.82) is 0 Å². The highest BCUT2D eigenvalue weighted by atomic mass is 16.5. The normalized spacial score (nSPS) is 10.8. The van der Waals surface area contributed by atoms with Crippen molar-refractivity contribution in [2.45, 2.75) is 20.0 Å². The summed E-state index contributed by atoms with van der Waals surface area (Å²) >= 11 is 0. The molecule has 0 fully saturated rings. The van der Waals surface area contributed by atoms with Crippen LogP contribution in [0.2, 0.25) is 0 Å². The molecule has 0 saturated heterocycles. The van der Waals surface area contributed by atoms with Crippen LogP contribution in [0.4, 0.5) is 0 Å². The molecule has 1 aromatic heterocycles. The fourth-order valence-electron chi connectivity index (χ4n) is 1.77. The number of imidazole rings is 1. The number of ether oxygens (including phenoxy) is 3. The fourth-order valence-corrected chi connectivity index (χ4v) is 1.77. The van der Waals surface area contributed by atoms with E-state index in [0.717, 1.165) is 29.9 Å². The summed E-state index contributed by atoms with van der Waals surface area (Å²) in [6.45, 7) is 3.31. The monoisotopic (exact) mass is 250 g/mol. The van der Waals surface area contributed by atoms with Gasteiger partial charge in [0, 0.05) is 18.7 Å². The number of nitrogens with zero attached hydrogens (tertiary/aromatic N) is 1. The summed E-state index contributed by atoms with van der Waals surface area (Å²) in [6.07, 6.45) is 1.00. The van der Waals surface area contributed by atoms with Gasteiger partial charge in [-0.15, -0.1) is 0 Å². The van der Waals surface area contributed by atoms with E-state index in [-0.39, 0.29) is 0 Å². The minimum Gasteiger partial charge on any atom is -0.493 e. The SMILES string of the molecule is CCCOCc1nc2cc(OC)c(OC)cc2[nH]1. The third kappa shape index (κ3) is 2.56. The molecule has 1 aromatic carbocycles. The summed E-state index contributed by atoms with van der Waals surface area (Å²) in [6, 6.07) is 3.73. The minimum atomic E-state index is 0.493. The fraction of sp³-hybridized carbons (Fsp3) is 0.462. The molecule has 0 amide bonds. The second-order valence-corrected chi connectivity index (χ2v) is 3.96. The number of nitrogens with one attached hydrogen (secondary N) is 1. The van der Waals surface area contributed by atoms with Crippen molar-refractivity contribution in [3.05, 3.63) is 18.0 Å². The first-order valence-corrected chi connectivity index (χ1v) is 5.96. The van der Waals surface area contributed by atoms with E-state index in [0.29, 0.717) is 18.1 Å². The van der Waals surface area contributed by atoms with Gasteiger partial charge in [0.2, 0.25) is 0 Å². The summed E-state index contributed by atoms with van der Waals surface area (Å²) in [5.41, 5.74) is 1.77. The zero-order valence-electron chi connectivity index (χ0n) is 10.9. The molecule has 0 atom stereocenters. The highest BCUT2D eigenvalue weighted by molar-refractivity contribution is 5.79. The predicted molar refractivity (Wildman–Crippen MR) is 69.1 cm³/mol. The zero-order valence-corrected chi connectivity index (χ0v) is 10.9. The van der Waals surface area contributed by atoms with E-state index in [2.05, 4.69) is 16.9 Å². The highest BCUT2D eigenvalue weighted by Gasteiger charge is 2.09. The Hall–Kier alpha value is -1.75. The molecule has 5 nitrogen and oxygen atoms in total. The first-order valence-electron chi connectivity index (χ1n) is 5.96. The van der Waals surface area contributed by atoms with Crippen molar-refractivity contribution in [1.82, 2.24) is 9.97 Å². The number of aromatic amines is 1. The Balaban J connectivity index is 2.27. The number of fused-ring (bicyclic) bond motifs is 1. The Morgan fingerprint density at radius 1 is 1.17 bits per heavy atom. The van der Waals surface area contributed by atoms with Crippen LogP contribution in [0.5, 0.6) is 11.5 Å². The molecular weight excluding hydrogens is 232 g/mol. The van der Waals surface area contributed by atoms with Crippen molar-refractivity contribution >= 4 is 11.0 Å². The minimum absolute atomic E-state index is 0.493. The molecule has 1 heterocycles. The van der Waals surface area contributed by atoms with Gasteiger partial charge in [0.1, 0.15) is 12.4 Å². The van der Waals surface area contributed by atoms with Crippen LogP contribution >= 0.6 is 0 Å². The van der Waals surface area contributed by atoms with Crippen LogP contribution in [0.15, 0.2) is 12.1 Å². The van der Waals surface area contributed by atoms with Crippen molar-refractivity contribution in [3.63, 3.8) is 0 Å². The Morgan fingerprint density at radius 2 is 1.89 bits per heavy atom. The summed E-state index contributed by atoms with van der Waals surface area (Å²) in [5, 5.41) is 0. The van der Waals surface area contributed by atoms with E-state index < -0.39 is 0 Å². The van der Waals surface area contributed by atoms with Crippen LogP contribution in [0.3, 0.4) is 0 Å². The van der Waals surface area contributed by atoms with E-state index >= 15 is 0 Å². The molecule has 0 unspecified atom stereocenters. The predicted octanol–water partition coefficient (Wildman–Crippen LogP) is 2.51. The first-order chi connectivity index (χ1) is 8.78. The molecule has 18 heavy (non-hydrogen) atoms. The highest BCUT2D eigenvalue weighted by Crippen LogP contribution is 2.31. The Morgan fingerprint density at radius 3 is 2.56 bits per heavy atom. The van der Waals surface area contributed by atoms with Crippen molar-refractivity contribution in [3.8, 4) is 11.5 Å². The van der Waals surface area contributed by atoms with Gasteiger partial charge in [-0.3, -0.25) is 0 Å².